The first-order valence-corrected chi connectivity index (χ1v) is 5.75. The fourth-order valence-electron chi connectivity index (χ4n) is 0.492. The van der Waals surface area contributed by atoms with Crippen LogP contribution in [0.3, 0.4) is 0 Å². The molecule has 0 rings (SSSR count). The highest BCUT2D eigenvalue weighted by Crippen LogP contribution is 2.36. The van der Waals surface area contributed by atoms with Gasteiger partial charge in [0.1, 0.15) is 4.84 Å². The number of halogens is 7. The zero-order chi connectivity index (χ0) is 9.94. The van der Waals surface area contributed by atoms with Gasteiger partial charge in [-0.3, -0.25) is 0 Å². The van der Waals surface area contributed by atoms with Crippen LogP contribution in [0.2, 0.25) is 0 Å². The SMILES string of the molecule is ClC(Cl)C(Cl)C(Cl)CC(Cl)(Cl)Cl. The fourth-order valence-corrected chi connectivity index (χ4v) is 2.19. The topological polar surface area (TPSA) is 0 Å². The molecule has 0 amide bonds. The van der Waals surface area contributed by atoms with Gasteiger partial charge in [0.25, 0.3) is 0 Å². The minimum atomic E-state index is -1.43. The Morgan fingerprint density at radius 3 is 1.58 bits per heavy atom. The zero-order valence-corrected chi connectivity index (χ0v) is 10.9. The van der Waals surface area contributed by atoms with Crippen molar-refractivity contribution in [1.82, 2.24) is 0 Å². The van der Waals surface area contributed by atoms with Crippen molar-refractivity contribution >= 4 is 81.2 Å². The van der Waals surface area contributed by atoms with Gasteiger partial charge in [-0.25, -0.2) is 0 Å². The molecule has 0 spiro atoms. The Balaban J connectivity index is 3.95. The van der Waals surface area contributed by atoms with Crippen molar-refractivity contribution in [2.75, 3.05) is 0 Å². The van der Waals surface area contributed by atoms with Crippen LogP contribution in [0.4, 0.5) is 0 Å². The lowest BCUT2D eigenvalue weighted by molar-refractivity contribution is 0.738. The van der Waals surface area contributed by atoms with E-state index in [0.29, 0.717) is 0 Å². The molecule has 0 N–H and O–H groups in total. The Kier molecular flexibility index (Phi) is 6.78. The van der Waals surface area contributed by atoms with Gasteiger partial charge in [0, 0.05) is 6.42 Å². The smallest absolute Gasteiger partial charge is 0.121 e. The molecule has 0 aromatic heterocycles. The Labute approximate surface area is 106 Å². The molecular formula is C5H5Cl7. The van der Waals surface area contributed by atoms with Crippen LogP contribution in [0.15, 0.2) is 0 Å². The molecule has 0 aromatic carbocycles. The maximum Gasteiger partial charge on any atom is 0.192 e. The molecule has 12 heavy (non-hydrogen) atoms. The number of rotatable bonds is 3. The summed E-state index contributed by atoms with van der Waals surface area (Å²) in [4.78, 5) is -0.776. The van der Waals surface area contributed by atoms with Crippen molar-refractivity contribution in [3.8, 4) is 0 Å². The Morgan fingerprint density at radius 1 is 0.917 bits per heavy atom. The van der Waals surface area contributed by atoms with E-state index in [1.807, 2.05) is 0 Å². The highest BCUT2D eigenvalue weighted by molar-refractivity contribution is 6.67. The number of alkyl halides is 7. The summed E-state index contributed by atoms with van der Waals surface area (Å²) in [6.07, 6.45) is 0.101. The van der Waals surface area contributed by atoms with Crippen molar-refractivity contribution in [3.05, 3.63) is 0 Å². The van der Waals surface area contributed by atoms with Crippen molar-refractivity contribution in [3.63, 3.8) is 0 Å². The quantitative estimate of drug-likeness (QED) is 0.659. The molecule has 7 heteroatoms. The first-order valence-electron chi connectivity index (χ1n) is 2.87. The van der Waals surface area contributed by atoms with E-state index in [1.165, 1.54) is 0 Å². The molecule has 0 aliphatic rings. The molecular weight excluding hydrogens is 308 g/mol. The summed E-state index contributed by atoms with van der Waals surface area (Å²) in [5.74, 6) is 0. The van der Waals surface area contributed by atoms with Gasteiger partial charge in [0.05, 0.1) is 10.8 Å². The Bertz CT molecular complexity index is 128. The lowest BCUT2D eigenvalue weighted by Gasteiger charge is -2.20. The molecule has 0 aromatic rings. The van der Waals surface area contributed by atoms with E-state index in [0.717, 1.165) is 0 Å². The highest BCUT2D eigenvalue weighted by Gasteiger charge is 2.31. The van der Waals surface area contributed by atoms with Gasteiger partial charge < -0.3 is 0 Å². The van der Waals surface area contributed by atoms with E-state index >= 15 is 0 Å². The van der Waals surface area contributed by atoms with Crippen molar-refractivity contribution in [2.45, 2.75) is 25.8 Å². The number of hydrogen-bond acceptors (Lipinski definition) is 0. The molecule has 0 radical (unpaired) electrons. The summed E-state index contributed by atoms with van der Waals surface area (Å²) >= 11 is 38.8. The molecule has 2 unspecified atom stereocenters. The molecule has 0 bridgehead atoms. The molecule has 74 valence electrons. The number of hydrogen-bond donors (Lipinski definition) is 0. The van der Waals surface area contributed by atoms with Crippen LogP contribution in [0.25, 0.3) is 0 Å². The molecule has 0 saturated heterocycles. The average molecular weight is 313 g/mol. The molecule has 0 nitrogen and oxygen atoms in total. The van der Waals surface area contributed by atoms with Crippen molar-refractivity contribution in [2.24, 2.45) is 0 Å². The van der Waals surface area contributed by atoms with E-state index < -0.39 is 19.4 Å². The summed E-state index contributed by atoms with van der Waals surface area (Å²) in [6.45, 7) is 0. The molecule has 0 saturated carbocycles. The second-order valence-electron chi connectivity index (χ2n) is 2.11. The maximum atomic E-state index is 5.76. The predicted molar refractivity (Wildman–Crippen MR) is 59.7 cm³/mol. The van der Waals surface area contributed by atoms with Crippen LogP contribution in [0.5, 0.6) is 0 Å². The van der Waals surface area contributed by atoms with Gasteiger partial charge in [0.2, 0.25) is 0 Å². The summed E-state index contributed by atoms with van der Waals surface area (Å²) < 4.78 is -1.43. The average Bonchev–Trinajstić information content (AvgIpc) is 1.82. The van der Waals surface area contributed by atoms with Gasteiger partial charge in [0.15, 0.2) is 3.79 Å². The third-order valence-electron chi connectivity index (χ3n) is 1.01. The molecule has 2 atom stereocenters. The molecule has 0 aliphatic carbocycles. The first kappa shape index (κ1) is 14.0. The summed E-state index contributed by atoms with van der Waals surface area (Å²) in [7, 11) is 0. The van der Waals surface area contributed by atoms with Crippen LogP contribution in [0.1, 0.15) is 6.42 Å². The van der Waals surface area contributed by atoms with Crippen molar-refractivity contribution in [1.29, 1.82) is 0 Å². The third-order valence-corrected chi connectivity index (χ3v) is 3.39. The van der Waals surface area contributed by atoms with E-state index in [2.05, 4.69) is 0 Å². The standard InChI is InChI=1S/C5H5Cl7/c6-2(1-5(10,11)12)3(7)4(8)9/h2-4H,1H2. The van der Waals surface area contributed by atoms with Crippen LogP contribution in [-0.4, -0.2) is 19.4 Å². The van der Waals surface area contributed by atoms with E-state index in [-0.39, 0.29) is 6.42 Å². The summed E-state index contributed by atoms with van der Waals surface area (Å²) in [6, 6.07) is 0. The fraction of sp³-hybridized carbons (Fsp3) is 1.00. The van der Waals surface area contributed by atoms with Gasteiger partial charge in [-0.1, -0.05) is 34.8 Å². The normalized spacial score (nSPS) is 18.0. The lowest BCUT2D eigenvalue weighted by atomic mass is 10.2. The molecule has 0 fully saturated rings. The van der Waals surface area contributed by atoms with Gasteiger partial charge >= 0.3 is 0 Å². The first-order chi connectivity index (χ1) is 5.24. The second kappa shape index (κ2) is 5.80. The van der Waals surface area contributed by atoms with Gasteiger partial charge in [-0.05, 0) is 0 Å². The molecule has 0 heterocycles. The van der Waals surface area contributed by atoms with Crippen LogP contribution >= 0.6 is 81.2 Å². The van der Waals surface area contributed by atoms with E-state index in [9.17, 15) is 0 Å². The largest absolute Gasteiger partial charge is 0.192 e. The minimum Gasteiger partial charge on any atom is -0.121 e. The predicted octanol–water partition coefficient (Wildman–Crippen LogP) is 4.77. The highest BCUT2D eigenvalue weighted by atomic mass is 35.6. The van der Waals surface area contributed by atoms with Crippen LogP contribution in [-0.2, 0) is 0 Å². The second-order valence-corrected chi connectivity index (χ2v) is 6.86. The Hall–Kier alpha value is 2.03. The summed E-state index contributed by atoms with van der Waals surface area (Å²) in [5, 5.41) is -1.20. The summed E-state index contributed by atoms with van der Waals surface area (Å²) in [5.41, 5.74) is 0. The monoisotopic (exact) mass is 310 g/mol. The third kappa shape index (κ3) is 6.48. The van der Waals surface area contributed by atoms with Crippen LogP contribution < -0.4 is 0 Å². The van der Waals surface area contributed by atoms with E-state index in [4.69, 9.17) is 81.2 Å². The van der Waals surface area contributed by atoms with Crippen LogP contribution in [0, 0.1) is 0 Å². The maximum absolute atomic E-state index is 5.76. The van der Waals surface area contributed by atoms with Crippen molar-refractivity contribution < 1.29 is 0 Å². The zero-order valence-electron chi connectivity index (χ0n) is 5.58. The Morgan fingerprint density at radius 2 is 1.33 bits per heavy atom. The molecule has 0 aliphatic heterocycles. The van der Waals surface area contributed by atoms with Gasteiger partial charge in [-0.15, -0.1) is 46.4 Å². The van der Waals surface area contributed by atoms with Gasteiger partial charge in [-0.2, -0.15) is 0 Å². The minimum absolute atomic E-state index is 0.101. The van der Waals surface area contributed by atoms with E-state index in [1.54, 1.807) is 0 Å². The lowest BCUT2D eigenvalue weighted by Crippen LogP contribution is -2.26.